The average molecular weight is 451 g/mol. The molecule has 1 aliphatic rings. The fourth-order valence-electron chi connectivity index (χ4n) is 3.60. The Labute approximate surface area is 189 Å². The van der Waals surface area contributed by atoms with Crippen LogP contribution in [0.1, 0.15) is 19.1 Å². The van der Waals surface area contributed by atoms with Gasteiger partial charge in [-0.25, -0.2) is 14.1 Å². The predicted molar refractivity (Wildman–Crippen MR) is 118 cm³/mol. The van der Waals surface area contributed by atoms with Gasteiger partial charge in [-0.15, -0.1) is 0 Å². The van der Waals surface area contributed by atoms with Crippen LogP contribution in [0.5, 0.6) is 5.75 Å². The standard InChI is InChI=1S/C24H22FN3O5/c1-2-32-19-11-7-17(8-12-19)26-22(29)14-21-23(30)28(18-9-5-16(25)6-10-18)24(31)27(21)15-20-4-3-13-33-20/h3-13,21H,2,14-15H2,1H3,(H,26,29)/t21-/m0/s1. The van der Waals surface area contributed by atoms with E-state index in [0.717, 1.165) is 4.90 Å². The molecule has 3 aromatic rings. The lowest BCUT2D eigenvalue weighted by atomic mass is 10.1. The fourth-order valence-corrected chi connectivity index (χ4v) is 3.60. The maximum Gasteiger partial charge on any atom is 0.332 e. The van der Waals surface area contributed by atoms with Crippen LogP contribution in [0.2, 0.25) is 0 Å². The van der Waals surface area contributed by atoms with E-state index >= 15 is 0 Å². The number of imide groups is 1. The number of amides is 4. The van der Waals surface area contributed by atoms with Gasteiger partial charge in [0.25, 0.3) is 5.91 Å². The van der Waals surface area contributed by atoms with Crippen molar-refractivity contribution < 1.29 is 27.9 Å². The number of hydrogen-bond acceptors (Lipinski definition) is 5. The van der Waals surface area contributed by atoms with Crippen LogP contribution in [0.15, 0.2) is 71.3 Å². The molecule has 4 amide bonds. The molecule has 1 N–H and O–H groups in total. The highest BCUT2D eigenvalue weighted by atomic mass is 19.1. The molecule has 9 heteroatoms. The molecule has 0 saturated carbocycles. The third-order valence-corrected chi connectivity index (χ3v) is 5.14. The molecule has 2 heterocycles. The van der Waals surface area contributed by atoms with E-state index in [4.69, 9.17) is 9.15 Å². The van der Waals surface area contributed by atoms with Crippen molar-refractivity contribution in [3.63, 3.8) is 0 Å². The van der Waals surface area contributed by atoms with Gasteiger partial charge in [-0.2, -0.15) is 0 Å². The van der Waals surface area contributed by atoms with Gasteiger partial charge in [0, 0.05) is 5.69 Å². The summed E-state index contributed by atoms with van der Waals surface area (Å²) in [6.07, 6.45) is 1.21. The lowest BCUT2D eigenvalue weighted by Gasteiger charge is -2.20. The van der Waals surface area contributed by atoms with Gasteiger partial charge in [0.1, 0.15) is 23.4 Å². The predicted octanol–water partition coefficient (Wildman–Crippen LogP) is 4.18. The average Bonchev–Trinajstić information content (AvgIpc) is 3.39. The molecule has 1 atom stereocenters. The number of furan rings is 1. The van der Waals surface area contributed by atoms with Crippen LogP contribution in [-0.2, 0) is 16.1 Å². The smallest absolute Gasteiger partial charge is 0.332 e. The molecule has 0 aliphatic carbocycles. The topological polar surface area (TPSA) is 92.1 Å². The Kier molecular flexibility index (Phi) is 6.39. The molecule has 1 aromatic heterocycles. The van der Waals surface area contributed by atoms with E-state index in [1.165, 1.54) is 35.4 Å². The van der Waals surface area contributed by atoms with Crippen LogP contribution >= 0.6 is 0 Å². The molecule has 2 aromatic carbocycles. The minimum Gasteiger partial charge on any atom is -0.494 e. The summed E-state index contributed by atoms with van der Waals surface area (Å²) < 4.78 is 24.1. The monoisotopic (exact) mass is 451 g/mol. The highest BCUT2D eigenvalue weighted by Gasteiger charge is 2.47. The molecule has 170 valence electrons. The number of anilines is 2. The van der Waals surface area contributed by atoms with Crippen LogP contribution in [-0.4, -0.2) is 35.4 Å². The lowest BCUT2D eigenvalue weighted by molar-refractivity contribution is -0.124. The van der Waals surface area contributed by atoms with E-state index in [1.807, 2.05) is 6.92 Å². The Hall–Kier alpha value is -4.14. The van der Waals surface area contributed by atoms with Gasteiger partial charge in [0.2, 0.25) is 5.91 Å². The lowest BCUT2D eigenvalue weighted by Crippen LogP contribution is -2.37. The van der Waals surface area contributed by atoms with Crippen molar-refractivity contribution in [3.05, 3.63) is 78.5 Å². The molecule has 33 heavy (non-hydrogen) atoms. The van der Waals surface area contributed by atoms with Gasteiger partial charge in [-0.05, 0) is 67.6 Å². The van der Waals surface area contributed by atoms with Gasteiger partial charge in [-0.1, -0.05) is 0 Å². The number of carbonyl (C=O) groups excluding carboxylic acids is 3. The summed E-state index contributed by atoms with van der Waals surface area (Å²) in [5.41, 5.74) is 0.762. The largest absolute Gasteiger partial charge is 0.494 e. The minimum atomic E-state index is -1.05. The fraction of sp³-hybridized carbons (Fsp3) is 0.208. The Morgan fingerprint density at radius 3 is 2.45 bits per heavy atom. The zero-order chi connectivity index (χ0) is 23.4. The molecule has 1 saturated heterocycles. The normalized spacial score (nSPS) is 15.8. The van der Waals surface area contributed by atoms with Crippen molar-refractivity contribution >= 4 is 29.2 Å². The number of urea groups is 1. The van der Waals surface area contributed by atoms with Gasteiger partial charge in [0.15, 0.2) is 0 Å². The number of carbonyl (C=O) groups is 3. The molecule has 1 fully saturated rings. The Bertz CT molecular complexity index is 1130. The zero-order valence-electron chi connectivity index (χ0n) is 17.9. The molecule has 1 aliphatic heterocycles. The Balaban J connectivity index is 1.53. The van der Waals surface area contributed by atoms with Crippen LogP contribution in [0.3, 0.4) is 0 Å². The molecule has 4 rings (SSSR count). The van der Waals surface area contributed by atoms with Crippen molar-refractivity contribution in [1.29, 1.82) is 0 Å². The molecular weight excluding hydrogens is 429 g/mol. The first kappa shape index (κ1) is 22.1. The van der Waals surface area contributed by atoms with E-state index in [9.17, 15) is 18.8 Å². The second kappa shape index (κ2) is 9.56. The van der Waals surface area contributed by atoms with Crippen LogP contribution in [0.4, 0.5) is 20.6 Å². The van der Waals surface area contributed by atoms with Gasteiger partial charge in [0.05, 0.1) is 31.5 Å². The number of halogens is 1. The maximum atomic E-state index is 13.3. The number of hydrogen-bond donors (Lipinski definition) is 1. The second-order valence-electron chi connectivity index (χ2n) is 7.37. The van der Waals surface area contributed by atoms with E-state index in [0.29, 0.717) is 23.8 Å². The number of benzene rings is 2. The van der Waals surface area contributed by atoms with Gasteiger partial charge >= 0.3 is 6.03 Å². The highest BCUT2D eigenvalue weighted by Crippen LogP contribution is 2.29. The number of nitrogens with zero attached hydrogens (tertiary/aromatic N) is 2. The van der Waals surface area contributed by atoms with Gasteiger partial charge < -0.3 is 19.4 Å². The molecule has 0 unspecified atom stereocenters. The molecule has 0 radical (unpaired) electrons. The summed E-state index contributed by atoms with van der Waals surface area (Å²) in [7, 11) is 0. The van der Waals surface area contributed by atoms with Crippen LogP contribution < -0.4 is 15.0 Å². The molecule has 0 spiro atoms. The van der Waals surface area contributed by atoms with E-state index in [-0.39, 0.29) is 18.7 Å². The number of rotatable bonds is 8. The minimum absolute atomic E-state index is 0.0102. The first-order valence-electron chi connectivity index (χ1n) is 10.4. The number of ether oxygens (including phenoxy) is 1. The van der Waals surface area contributed by atoms with Crippen LogP contribution in [0.25, 0.3) is 0 Å². The third-order valence-electron chi connectivity index (χ3n) is 5.14. The van der Waals surface area contributed by atoms with Crippen molar-refractivity contribution in [3.8, 4) is 5.75 Å². The van der Waals surface area contributed by atoms with Crippen molar-refractivity contribution in [2.45, 2.75) is 25.9 Å². The van der Waals surface area contributed by atoms with E-state index < -0.39 is 29.7 Å². The summed E-state index contributed by atoms with van der Waals surface area (Å²) in [5, 5.41) is 2.74. The summed E-state index contributed by atoms with van der Waals surface area (Å²) in [5.74, 6) is -0.354. The van der Waals surface area contributed by atoms with E-state index in [1.54, 1.807) is 36.4 Å². The Morgan fingerprint density at radius 1 is 1.09 bits per heavy atom. The van der Waals surface area contributed by atoms with E-state index in [2.05, 4.69) is 5.32 Å². The summed E-state index contributed by atoms with van der Waals surface area (Å²) >= 11 is 0. The molecule has 8 nitrogen and oxygen atoms in total. The van der Waals surface area contributed by atoms with Crippen LogP contribution in [0, 0.1) is 5.82 Å². The van der Waals surface area contributed by atoms with Crippen molar-refractivity contribution in [2.75, 3.05) is 16.8 Å². The summed E-state index contributed by atoms with van der Waals surface area (Å²) in [6, 6.07) is 13.5. The molecular formula is C24H22FN3O5. The van der Waals surface area contributed by atoms with Crippen molar-refractivity contribution in [1.82, 2.24) is 4.90 Å². The second-order valence-corrected chi connectivity index (χ2v) is 7.37. The zero-order valence-corrected chi connectivity index (χ0v) is 17.9. The summed E-state index contributed by atoms with van der Waals surface area (Å²) in [4.78, 5) is 41.3. The maximum absolute atomic E-state index is 13.3. The Morgan fingerprint density at radius 2 is 1.82 bits per heavy atom. The molecule has 0 bridgehead atoms. The van der Waals surface area contributed by atoms with Crippen molar-refractivity contribution in [2.24, 2.45) is 0 Å². The third kappa shape index (κ3) is 4.87. The quantitative estimate of drug-likeness (QED) is 0.519. The van der Waals surface area contributed by atoms with Gasteiger partial charge in [-0.3, -0.25) is 9.59 Å². The highest BCUT2D eigenvalue weighted by molar-refractivity contribution is 6.22. The first-order valence-corrected chi connectivity index (χ1v) is 10.4. The number of nitrogens with one attached hydrogen (secondary N) is 1. The summed E-state index contributed by atoms with van der Waals surface area (Å²) in [6.45, 7) is 2.41. The SMILES string of the molecule is CCOc1ccc(NC(=O)C[C@H]2C(=O)N(c3ccc(F)cc3)C(=O)N2Cc2ccco2)cc1. The first-order chi connectivity index (χ1) is 16.0.